The lowest BCUT2D eigenvalue weighted by atomic mass is 10.2. The van der Waals surface area contributed by atoms with Gasteiger partial charge in [0, 0.05) is 25.2 Å². The van der Waals surface area contributed by atoms with E-state index >= 15 is 0 Å². The third-order valence-electron chi connectivity index (χ3n) is 1.78. The van der Waals surface area contributed by atoms with Crippen LogP contribution in [0, 0.1) is 11.3 Å². The lowest BCUT2D eigenvalue weighted by molar-refractivity contribution is 0.700. The van der Waals surface area contributed by atoms with Crippen molar-refractivity contribution in [1.29, 1.82) is 5.26 Å². The molecule has 0 aliphatic carbocycles. The van der Waals surface area contributed by atoms with Crippen LogP contribution in [0.4, 0.5) is 5.69 Å². The molecule has 0 amide bonds. The number of nitrogens with one attached hydrogen (secondary N) is 1. The SMILES string of the molecule is N#CCCNCc1ccccc1N. The topological polar surface area (TPSA) is 61.8 Å². The summed E-state index contributed by atoms with van der Waals surface area (Å²) in [5.74, 6) is 0. The Hall–Kier alpha value is -1.53. The first-order valence-corrected chi connectivity index (χ1v) is 4.25. The zero-order valence-electron chi connectivity index (χ0n) is 7.46. The fraction of sp³-hybridized carbons (Fsp3) is 0.300. The third-order valence-corrected chi connectivity index (χ3v) is 1.78. The number of nitrogens with two attached hydrogens (primary N) is 1. The van der Waals surface area contributed by atoms with E-state index in [0.717, 1.165) is 17.8 Å². The van der Waals surface area contributed by atoms with Gasteiger partial charge in [-0.3, -0.25) is 0 Å². The molecule has 0 atom stereocenters. The summed E-state index contributed by atoms with van der Waals surface area (Å²) in [6, 6.07) is 9.80. The standard InChI is InChI=1S/C10H13N3/c11-6-3-7-13-8-9-4-1-2-5-10(9)12/h1-2,4-5,13H,3,7-8,12H2. The van der Waals surface area contributed by atoms with Crippen LogP contribution in [0.3, 0.4) is 0 Å². The highest BCUT2D eigenvalue weighted by molar-refractivity contribution is 5.46. The van der Waals surface area contributed by atoms with Gasteiger partial charge in [-0.15, -0.1) is 0 Å². The van der Waals surface area contributed by atoms with Crippen molar-refractivity contribution in [3.8, 4) is 6.07 Å². The molecule has 3 nitrogen and oxygen atoms in total. The Balaban J connectivity index is 2.37. The molecule has 1 aromatic carbocycles. The van der Waals surface area contributed by atoms with Gasteiger partial charge in [0.25, 0.3) is 0 Å². The van der Waals surface area contributed by atoms with Gasteiger partial charge in [-0.1, -0.05) is 18.2 Å². The summed E-state index contributed by atoms with van der Waals surface area (Å²) < 4.78 is 0. The van der Waals surface area contributed by atoms with Crippen molar-refractivity contribution in [2.75, 3.05) is 12.3 Å². The van der Waals surface area contributed by atoms with Crippen LogP contribution in [0.5, 0.6) is 0 Å². The first-order chi connectivity index (χ1) is 6.34. The predicted octanol–water partition coefficient (Wildman–Crippen LogP) is 1.27. The zero-order chi connectivity index (χ0) is 9.52. The summed E-state index contributed by atoms with van der Waals surface area (Å²) in [6.07, 6.45) is 0.534. The van der Waals surface area contributed by atoms with Gasteiger partial charge in [0.05, 0.1) is 6.07 Å². The molecule has 0 aromatic heterocycles. The summed E-state index contributed by atoms with van der Waals surface area (Å²) in [6.45, 7) is 1.44. The first-order valence-electron chi connectivity index (χ1n) is 4.25. The Kier molecular flexibility index (Phi) is 3.80. The second-order valence-corrected chi connectivity index (χ2v) is 2.78. The van der Waals surface area contributed by atoms with Gasteiger partial charge in [0.1, 0.15) is 0 Å². The largest absolute Gasteiger partial charge is 0.398 e. The summed E-state index contributed by atoms with van der Waals surface area (Å²) in [5.41, 5.74) is 7.61. The maximum absolute atomic E-state index is 8.30. The number of nitriles is 1. The normalized spacial score (nSPS) is 9.46. The number of nitrogen functional groups attached to an aromatic ring is 1. The number of nitrogens with zero attached hydrogens (tertiary/aromatic N) is 1. The molecule has 1 rings (SSSR count). The minimum Gasteiger partial charge on any atom is -0.398 e. The van der Waals surface area contributed by atoms with Gasteiger partial charge >= 0.3 is 0 Å². The van der Waals surface area contributed by atoms with E-state index in [-0.39, 0.29) is 0 Å². The van der Waals surface area contributed by atoms with Crippen LogP contribution in [-0.2, 0) is 6.54 Å². The van der Waals surface area contributed by atoms with Crippen LogP contribution in [0.15, 0.2) is 24.3 Å². The van der Waals surface area contributed by atoms with Gasteiger partial charge in [-0.2, -0.15) is 5.26 Å². The zero-order valence-corrected chi connectivity index (χ0v) is 7.46. The summed E-state index contributed by atoms with van der Waals surface area (Å²) >= 11 is 0. The Morgan fingerprint density at radius 1 is 1.38 bits per heavy atom. The highest BCUT2D eigenvalue weighted by atomic mass is 14.8. The lowest BCUT2D eigenvalue weighted by Crippen LogP contribution is -2.15. The average Bonchev–Trinajstić information content (AvgIpc) is 2.15. The van der Waals surface area contributed by atoms with E-state index in [2.05, 4.69) is 11.4 Å². The number of benzene rings is 1. The van der Waals surface area contributed by atoms with Crippen LogP contribution in [0.25, 0.3) is 0 Å². The smallest absolute Gasteiger partial charge is 0.0635 e. The van der Waals surface area contributed by atoms with Crippen LogP contribution in [0.1, 0.15) is 12.0 Å². The Morgan fingerprint density at radius 3 is 2.85 bits per heavy atom. The van der Waals surface area contributed by atoms with E-state index in [0.29, 0.717) is 13.0 Å². The Labute approximate surface area is 78.2 Å². The fourth-order valence-corrected chi connectivity index (χ4v) is 1.06. The Bertz CT molecular complexity index is 301. The summed E-state index contributed by atoms with van der Waals surface area (Å²) in [5, 5.41) is 11.4. The van der Waals surface area contributed by atoms with Crippen molar-refractivity contribution in [3.05, 3.63) is 29.8 Å². The second-order valence-electron chi connectivity index (χ2n) is 2.78. The molecule has 0 aliphatic heterocycles. The van der Waals surface area contributed by atoms with Crippen LogP contribution in [-0.4, -0.2) is 6.54 Å². The van der Waals surface area contributed by atoms with Crippen molar-refractivity contribution in [3.63, 3.8) is 0 Å². The molecule has 0 saturated carbocycles. The van der Waals surface area contributed by atoms with Crippen molar-refractivity contribution in [2.24, 2.45) is 0 Å². The number of para-hydroxylation sites is 1. The summed E-state index contributed by atoms with van der Waals surface area (Å²) in [4.78, 5) is 0. The number of anilines is 1. The van der Waals surface area contributed by atoms with Crippen LogP contribution in [0.2, 0.25) is 0 Å². The molecule has 0 bridgehead atoms. The molecular weight excluding hydrogens is 162 g/mol. The van der Waals surface area contributed by atoms with E-state index in [9.17, 15) is 0 Å². The third kappa shape index (κ3) is 3.14. The molecule has 0 aliphatic rings. The van der Waals surface area contributed by atoms with E-state index in [4.69, 9.17) is 11.0 Å². The van der Waals surface area contributed by atoms with Gasteiger partial charge in [0.15, 0.2) is 0 Å². The molecule has 0 saturated heterocycles. The highest BCUT2D eigenvalue weighted by Gasteiger charge is 1.95. The van der Waals surface area contributed by atoms with Crippen molar-refractivity contribution in [2.45, 2.75) is 13.0 Å². The van der Waals surface area contributed by atoms with Crippen LogP contribution < -0.4 is 11.1 Å². The molecule has 0 heterocycles. The predicted molar refractivity (Wildman–Crippen MR) is 52.8 cm³/mol. The molecule has 3 heteroatoms. The maximum Gasteiger partial charge on any atom is 0.0635 e. The summed E-state index contributed by atoms with van der Waals surface area (Å²) in [7, 11) is 0. The van der Waals surface area contributed by atoms with Crippen molar-refractivity contribution < 1.29 is 0 Å². The fourth-order valence-electron chi connectivity index (χ4n) is 1.06. The number of hydrogen-bond donors (Lipinski definition) is 2. The molecule has 0 unspecified atom stereocenters. The minimum atomic E-state index is 0.534. The monoisotopic (exact) mass is 175 g/mol. The first kappa shape index (κ1) is 9.56. The second kappa shape index (κ2) is 5.18. The number of rotatable bonds is 4. The number of hydrogen-bond acceptors (Lipinski definition) is 3. The van der Waals surface area contributed by atoms with Gasteiger partial charge < -0.3 is 11.1 Å². The van der Waals surface area contributed by atoms with E-state index in [1.807, 2.05) is 24.3 Å². The van der Waals surface area contributed by atoms with Gasteiger partial charge in [0.2, 0.25) is 0 Å². The molecule has 3 N–H and O–H groups in total. The lowest BCUT2D eigenvalue weighted by Gasteiger charge is -2.05. The minimum absolute atomic E-state index is 0.534. The molecule has 1 aromatic rings. The molecular formula is C10H13N3. The average molecular weight is 175 g/mol. The quantitative estimate of drug-likeness (QED) is 0.535. The molecule has 13 heavy (non-hydrogen) atoms. The van der Waals surface area contributed by atoms with E-state index < -0.39 is 0 Å². The van der Waals surface area contributed by atoms with Crippen molar-refractivity contribution >= 4 is 5.69 Å². The van der Waals surface area contributed by atoms with E-state index in [1.54, 1.807) is 0 Å². The Morgan fingerprint density at radius 2 is 2.15 bits per heavy atom. The molecule has 68 valence electrons. The molecule has 0 radical (unpaired) electrons. The van der Waals surface area contributed by atoms with E-state index in [1.165, 1.54) is 0 Å². The highest BCUT2D eigenvalue weighted by Crippen LogP contribution is 2.09. The van der Waals surface area contributed by atoms with Crippen LogP contribution >= 0.6 is 0 Å². The molecule has 0 fully saturated rings. The van der Waals surface area contributed by atoms with Gasteiger partial charge in [-0.25, -0.2) is 0 Å². The maximum atomic E-state index is 8.30. The van der Waals surface area contributed by atoms with Crippen molar-refractivity contribution in [1.82, 2.24) is 5.32 Å². The van der Waals surface area contributed by atoms with Gasteiger partial charge in [-0.05, 0) is 11.6 Å². The molecule has 0 spiro atoms.